The van der Waals surface area contributed by atoms with Gasteiger partial charge in [0.1, 0.15) is 6.54 Å². The van der Waals surface area contributed by atoms with Crippen LogP contribution in [0, 0.1) is 6.92 Å². The molecule has 0 atom stereocenters. The molecule has 0 spiro atoms. The highest BCUT2D eigenvalue weighted by molar-refractivity contribution is 5.93. The fraction of sp³-hybridized carbons (Fsp3) is 0.286. The van der Waals surface area contributed by atoms with Gasteiger partial charge in [-0.15, -0.1) is 0 Å². The predicted octanol–water partition coefficient (Wildman–Crippen LogP) is 4.36. The van der Waals surface area contributed by atoms with Crippen molar-refractivity contribution in [3.8, 4) is 11.3 Å². The largest absolute Gasteiger partial charge is 0.464 e. The van der Waals surface area contributed by atoms with Crippen LogP contribution in [0.2, 0.25) is 0 Å². The molecule has 0 amide bonds. The Bertz CT molecular complexity index is 894. The normalized spacial score (nSPS) is 10.7. The van der Waals surface area contributed by atoms with Crippen molar-refractivity contribution in [2.75, 3.05) is 18.5 Å². The van der Waals surface area contributed by atoms with Crippen molar-refractivity contribution >= 4 is 22.8 Å². The lowest BCUT2D eigenvalue weighted by molar-refractivity contribution is -0.141. The summed E-state index contributed by atoms with van der Waals surface area (Å²) in [7, 11) is 0. The molecule has 0 aliphatic heterocycles. The Morgan fingerprint density at radius 1 is 1.12 bits per heavy atom. The van der Waals surface area contributed by atoms with E-state index in [4.69, 9.17) is 4.74 Å². The number of anilines is 1. The number of esters is 1. The first-order chi connectivity index (χ1) is 12.7. The zero-order chi connectivity index (χ0) is 18.4. The fourth-order valence-corrected chi connectivity index (χ4v) is 2.67. The van der Waals surface area contributed by atoms with Gasteiger partial charge in [-0.25, -0.2) is 9.97 Å². The minimum absolute atomic E-state index is 0.0509. The van der Waals surface area contributed by atoms with Gasteiger partial charge in [-0.1, -0.05) is 55.3 Å². The van der Waals surface area contributed by atoms with Gasteiger partial charge < -0.3 is 10.1 Å². The summed E-state index contributed by atoms with van der Waals surface area (Å²) in [5.41, 5.74) is 3.85. The molecule has 0 aliphatic carbocycles. The molecule has 1 aromatic heterocycles. The number of rotatable bonds is 7. The molecule has 0 unspecified atom stereocenters. The van der Waals surface area contributed by atoms with Gasteiger partial charge >= 0.3 is 5.97 Å². The lowest BCUT2D eigenvalue weighted by Crippen LogP contribution is -2.18. The van der Waals surface area contributed by atoms with Crippen molar-refractivity contribution < 1.29 is 9.53 Å². The van der Waals surface area contributed by atoms with Gasteiger partial charge in [-0.3, -0.25) is 4.79 Å². The number of hydrogen-bond donors (Lipinski definition) is 1. The summed E-state index contributed by atoms with van der Waals surface area (Å²) in [5, 5.41) is 3.98. The second-order valence-corrected chi connectivity index (χ2v) is 6.21. The van der Waals surface area contributed by atoms with Crippen molar-refractivity contribution in [3.63, 3.8) is 0 Å². The number of unbranched alkanes of at least 4 members (excludes halogenated alkanes) is 1. The molecule has 0 bridgehead atoms. The monoisotopic (exact) mass is 349 g/mol. The second-order valence-electron chi connectivity index (χ2n) is 6.21. The number of aryl methyl sites for hydroxylation is 1. The van der Waals surface area contributed by atoms with E-state index in [1.165, 1.54) is 0 Å². The fourth-order valence-electron chi connectivity index (χ4n) is 2.67. The van der Waals surface area contributed by atoms with E-state index in [2.05, 4.69) is 28.3 Å². The molecular weight excluding hydrogens is 326 g/mol. The van der Waals surface area contributed by atoms with E-state index < -0.39 is 0 Å². The van der Waals surface area contributed by atoms with Crippen molar-refractivity contribution in [3.05, 3.63) is 54.1 Å². The molecule has 3 rings (SSSR count). The summed E-state index contributed by atoms with van der Waals surface area (Å²) in [5.74, 6) is 0.125. The number of carbonyl (C=O) groups excluding carboxylic acids is 1. The standard InChI is InChI=1S/C21H23N3O2/c1-3-4-12-26-19(25)14-22-21-23-18-11-10-15(2)13-17(18)20(24-21)16-8-6-5-7-9-16/h5-11,13H,3-4,12,14H2,1-2H3,(H,22,23,24). The molecular formula is C21H23N3O2. The number of nitrogens with one attached hydrogen (secondary N) is 1. The maximum atomic E-state index is 11.8. The highest BCUT2D eigenvalue weighted by atomic mass is 16.5. The molecule has 5 nitrogen and oxygen atoms in total. The SMILES string of the molecule is CCCCOC(=O)CNc1nc(-c2ccccc2)c2cc(C)ccc2n1. The van der Waals surface area contributed by atoms with E-state index in [1.54, 1.807) is 0 Å². The molecule has 0 saturated heterocycles. The van der Waals surface area contributed by atoms with Gasteiger partial charge in [0.15, 0.2) is 0 Å². The lowest BCUT2D eigenvalue weighted by Gasteiger charge is -2.11. The van der Waals surface area contributed by atoms with Gasteiger partial charge in [-0.05, 0) is 25.5 Å². The maximum absolute atomic E-state index is 11.8. The molecule has 1 heterocycles. The topological polar surface area (TPSA) is 64.1 Å². The van der Waals surface area contributed by atoms with Crippen molar-refractivity contribution in [2.45, 2.75) is 26.7 Å². The maximum Gasteiger partial charge on any atom is 0.325 e. The van der Waals surface area contributed by atoms with Crippen molar-refractivity contribution in [1.82, 2.24) is 9.97 Å². The van der Waals surface area contributed by atoms with Crippen LogP contribution in [0.4, 0.5) is 5.95 Å². The van der Waals surface area contributed by atoms with Gasteiger partial charge in [0, 0.05) is 10.9 Å². The molecule has 0 radical (unpaired) electrons. The summed E-state index contributed by atoms with van der Waals surface area (Å²) in [4.78, 5) is 21.0. The Morgan fingerprint density at radius 3 is 2.69 bits per heavy atom. The Kier molecular flexibility index (Phi) is 5.79. The third-order valence-electron chi connectivity index (χ3n) is 4.05. The smallest absolute Gasteiger partial charge is 0.325 e. The van der Waals surface area contributed by atoms with Crippen molar-refractivity contribution in [1.29, 1.82) is 0 Å². The lowest BCUT2D eigenvalue weighted by atomic mass is 10.0. The van der Waals surface area contributed by atoms with Gasteiger partial charge in [0.2, 0.25) is 5.95 Å². The number of aromatic nitrogens is 2. The van der Waals surface area contributed by atoms with E-state index in [9.17, 15) is 4.79 Å². The van der Waals surface area contributed by atoms with E-state index in [1.807, 2.05) is 49.4 Å². The summed E-state index contributed by atoms with van der Waals surface area (Å²) in [6.07, 6.45) is 1.87. The number of ether oxygens (including phenoxy) is 1. The first-order valence-electron chi connectivity index (χ1n) is 8.90. The molecule has 0 aliphatic rings. The zero-order valence-electron chi connectivity index (χ0n) is 15.2. The molecule has 0 saturated carbocycles. The average molecular weight is 349 g/mol. The van der Waals surface area contributed by atoms with Gasteiger partial charge in [0.25, 0.3) is 0 Å². The molecule has 5 heteroatoms. The van der Waals surface area contributed by atoms with E-state index >= 15 is 0 Å². The highest BCUT2D eigenvalue weighted by Gasteiger charge is 2.11. The molecule has 26 heavy (non-hydrogen) atoms. The Hall–Kier alpha value is -2.95. The van der Waals surface area contributed by atoms with Crippen LogP contribution in [0.25, 0.3) is 22.2 Å². The summed E-state index contributed by atoms with van der Waals surface area (Å²) in [6, 6.07) is 16.1. The number of hydrogen-bond acceptors (Lipinski definition) is 5. The van der Waals surface area contributed by atoms with Gasteiger partial charge in [0.05, 0.1) is 17.8 Å². The average Bonchev–Trinajstić information content (AvgIpc) is 2.67. The number of carbonyl (C=O) groups is 1. The van der Waals surface area contributed by atoms with Crippen LogP contribution < -0.4 is 5.32 Å². The van der Waals surface area contributed by atoms with Crippen LogP contribution in [0.1, 0.15) is 25.3 Å². The molecule has 134 valence electrons. The Balaban J connectivity index is 1.88. The first kappa shape index (κ1) is 17.9. The number of nitrogens with zero attached hydrogens (tertiary/aromatic N) is 2. The summed E-state index contributed by atoms with van der Waals surface area (Å²) in [6.45, 7) is 4.61. The molecule has 3 aromatic rings. The molecule has 0 fully saturated rings. The number of fused-ring (bicyclic) bond motifs is 1. The third kappa shape index (κ3) is 4.36. The van der Waals surface area contributed by atoms with E-state index in [0.717, 1.165) is 40.6 Å². The molecule has 1 N–H and O–H groups in total. The van der Waals surface area contributed by atoms with Crippen LogP contribution in [-0.2, 0) is 9.53 Å². The van der Waals surface area contributed by atoms with Crippen molar-refractivity contribution in [2.24, 2.45) is 0 Å². The summed E-state index contributed by atoms with van der Waals surface area (Å²) < 4.78 is 5.17. The minimum Gasteiger partial charge on any atom is -0.464 e. The van der Waals surface area contributed by atoms with Crippen LogP contribution in [0.5, 0.6) is 0 Å². The van der Waals surface area contributed by atoms with Crippen LogP contribution in [-0.4, -0.2) is 29.1 Å². The van der Waals surface area contributed by atoms with Crippen LogP contribution >= 0.6 is 0 Å². The minimum atomic E-state index is -0.299. The highest BCUT2D eigenvalue weighted by Crippen LogP contribution is 2.27. The first-order valence-corrected chi connectivity index (χ1v) is 8.90. The van der Waals surface area contributed by atoms with Crippen LogP contribution in [0.3, 0.4) is 0 Å². The quantitative estimate of drug-likeness (QED) is 0.507. The zero-order valence-corrected chi connectivity index (χ0v) is 15.2. The Morgan fingerprint density at radius 2 is 1.92 bits per heavy atom. The predicted molar refractivity (Wildman–Crippen MR) is 104 cm³/mol. The Labute approximate surface area is 153 Å². The van der Waals surface area contributed by atoms with Crippen LogP contribution in [0.15, 0.2) is 48.5 Å². The van der Waals surface area contributed by atoms with E-state index in [-0.39, 0.29) is 12.5 Å². The van der Waals surface area contributed by atoms with Gasteiger partial charge in [-0.2, -0.15) is 0 Å². The summed E-state index contributed by atoms with van der Waals surface area (Å²) >= 11 is 0. The van der Waals surface area contributed by atoms with E-state index in [0.29, 0.717) is 12.6 Å². The molecule has 2 aromatic carbocycles. The third-order valence-corrected chi connectivity index (χ3v) is 4.05. The second kappa shape index (κ2) is 8.43. The number of benzene rings is 2.